The van der Waals surface area contributed by atoms with Crippen molar-refractivity contribution in [2.45, 2.75) is 19.6 Å². The van der Waals surface area contributed by atoms with Gasteiger partial charge in [0.05, 0.1) is 5.56 Å². The summed E-state index contributed by atoms with van der Waals surface area (Å²) in [4.78, 5) is 3.50. The van der Waals surface area contributed by atoms with Crippen LogP contribution in [0, 0.1) is 18.3 Å². The van der Waals surface area contributed by atoms with Crippen molar-refractivity contribution in [1.82, 2.24) is 4.98 Å². The molecule has 0 aliphatic carbocycles. The third-order valence-corrected chi connectivity index (χ3v) is 3.01. The van der Waals surface area contributed by atoms with Crippen LogP contribution in [0.15, 0.2) is 36.4 Å². The minimum Gasteiger partial charge on any atom is -0.365 e. The monoisotopic (exact) mass is 291 g/mol. The summed E-state index contributed by atoms with van der Waals surface area (Å²) in [5, 5.41) is 11.8. The lowest BCUT2D eigenvalue weighted by Crippen LogP contribution is -2.12. The number of rotatable bonds is 3. The Morgan fingerprint density at radius 2 is 1.90 bits per heavy atom. The van der Waals surface area contributed by atoms with E-state index in [1.54, 1.807) is 0 Å². The molecule has 0 aliphatic rings. The normalized spacial score (nSPS) is 11.0. The summed E-state index contributed by atoms with van der Waals surface area (Å²) in [5.74, 6) is -0.0596. The number of nitrogens with zero attached hydrogens (tertiary/aromatic N) is 2. The van der Waals surface area contributed by atoms with E-state index in [2.05, 4.69) is 10.3 Å². The predicted octanol–water partition coefficient (Wildman–Crippen LogP) is 3.89. The molecule has 0 spiro atoms. The van der Waals surface area contributed by atoms with Crippen LogP contribution in [0.25, 0.3) is 0 Å². The van der Waals surface area contributed by atoms with Gasteiger partial charge in [0, 0.05) is 6.54 Å². The first-order valence-corrected chi connectivity index (χ1v) is 6.18. The molecule has 0 saturated heterocycles. The Bertz CT molecular complexity index is 687. The highest BCUT2D eigenvalue weighted by molar-refractivity contribution is 5.53. The van der Waals surface area contributed by atoms with E-state index >= 15 is 0 Å². The molecular formula is C15H12F3N3. The van der Waals surface area contributed by atoms with Crippen molar-refractivity contribution in [3.05, 3.63) is 58.8 Å². The van der Waals surface area contributed by atoms with Gasteiger partial charge in [-0.05, 0) is 30.2 Å². The van der Waals surface area contributed by atoms with E-state index in [1.807, 2.05) is 37.3 Å². The lowest BCUT2D eigenvalue weighted by molar-refractivity contribution is -0.141. The molecule has 1 N–H and O–H groups in total. The van der Waals surface area contributed by atoms with Crippen LogP contribution < -0.4 is 5.32 Å². The van der Waals surface area contributed by atoms with Crippen molar-refractivity contribution in [1.29, 1.82) is 5.26 Å². The fraction of sp³-hybridized carbons (Fsp3) is 0.200. The van der Waals surface area contributed by atoms with E-state index in [4.69, 9.17) is 5.26 Å². The Hall–Kier alpha value is -2.55. The first kappa shape index (κ1) is 14.9. The molecule has 3 nitrogen and oxygen atoms in total. The number of aryl methyl sites for hydroxylation is 1. The first-order chi connectivity index (χ1) is 9.91. The minimum absolute atomic E-state index is 0.0596. The Morgan fingerprint density at radius 1 is 1.19 bits per heavy atom. The van der Waals surface area contributed by atoms with Gasteiger partial charge in [0.1, 0.15) is 17.6 Å². The van der Waals surface area contributed by atoms with Gasteiger partial charge in [0.25, 0.3) is 0 Å². The Morgan fingerprint density at radius 3 is 2.52 bits per heavy atom. The van der Waals surface area contributed by atoms with Gasteiger partial charge in [-0.2, -0.15) is 18.4 Å². The molecule has 6 heteroatoms. The molecule has 0 unspecified atom stereocenters. The third-order valence-electron chi connectivity index (χ3n) is 3.01. The summed E-state index contributed by atoms with van der Waals surface area (Å²) in [6.45, 7) is 2.21. The second-order valence-corrected chi connectivity index (χ2v) is 4.48. The van der Waals surface area contributed by atoms with E-state index in [-0.39, 0.29) is 11.4 Å². The maximum Gasteiger partial charge on any atom is 0.433 e. The highest BCUT2D eigenvalue weighted by Gasteiger charge is 2.33. The van der Waals surface area contributed by atoms with Gasteiger partial charge < -0.3 is 5.32 Å². The van der Waals surface area contributed by atoms with Crippen molar-refractivity contribution in [2.24, 2.45) is 0 Å². The van der Waals surface area contributed by atoms with Crippen LogP contribution in [-0.4, -0.2) is 4.98 Å². The summed E-state index contributed by atoms with van der Waals surface area (Å²) < 4.78 is 38.0. The molecule has 0 radical (unpaired) electrons. The summed E-state index contributed by atoms with van der Waals surface area (Å²) >= 11 is 0. The second kappa shape index (κ2) is 5.83. The van der Waals surface area contributed by atoms with Gasteiger partial charge in [-0.3, -0.25) is 0 Å². The fourth-order valence-corrected chi connectivity index (χ4v) is 1.83. The number of pyridine rings is 1. The average molecular weight is 291 g/mol. The largest absolute Gasteiger partial charge is 0.433 e. The van der Waals surface area contributed by atoms with E-state index in [1.165, 1.54) is 0 Å². The quantitative estimate of drug-likeness (QED) is 0.933. The lowest BCUT2D eigenvalue weighted by atomic mass is 10.1. The zero-order chi connectivity index (χ0) is 15.5. The highest BCUT2D eigenvalue weighted by Crippen LogP contribution is 2.29. The zero-order valence-corrected chi connectivity index (χ0v) is 11.2. The summed E-state index contributed by atoms with van der Waals surface area (Å²) in [7, 11) is 0. The molecule has 0 bridgehead atoms. The Balaban J connectivity index is 2.27. The molecule has 0 fully saturated rings. The standard InChI is InChI=1S/C15H12F3N3/c1-10-4-2-3-5-12(10)9-20-14-11(8-19)6-7-13(21-14)15(16,17)18/h2-7H,9H2,1H3,(H,20,21). The predicted molar refractivity (Wildman–Crippen MR) is 72.5 cm³/mol. The molecule has 0 atom stereocenters. The summed E-state index contributed by atoms with van der Waals surface area (Å²) in [5.41, 5.74) is 1.00. The fourth-order valence-electron chi connectivity index (χ4n) is 1.83. The number of alkyl halides is 3. The second-order valence-electron chi connectivity index (χ2n) is 4.48. The van der Waals surface area contributed by atoms with E-state index in [0.717, 1.165) is 23.3 Å². The Kier molecular flexibility index (Phi) is 4.13. The molecule has 0 amide bonds. The average Bonchev–Trinajstić information content (AvgIpc) is 2.45. The number of halogens is 3. The zero-order valence-electron chi connectivity index (χ0n) is 11.2. The van der Waals surface area contributed by atoms with Crippen LogP contribution in [0.3, 0.4) is 0 Å². The molecule has 2 aromatic rings. The number of anilines is 1. The maximum absolute atomic E-state index is 12.7. The highest BCUT2D eigenvalue weighted by atomic mass is 19.4. The van der Waals surface area contributed by atoms with Gasteiger partial charge >= 0.3 is 6.18 Å². The van der Waals surface area contributed by atoms with Gasteiger partial charge in [0.2, 0.25) is 0 Å². The van der Waals surface area contributed by atoms with Gasteiger partial charge in [-0.25, -0.2) is 4.98 Å². The van der Waals surface area contributed by atoms with Crippen molar-refractivity contribution in [3.8, 4) is 6.07 Å². The van der Waals surface area contributed by atoms with Crippen molar-refractivity contribution < 1.29 is 13.2 Å². The summed E-state index contributed by atoms with van der Waals surface area (Å²) in [6, 6.07) is 11.2. The first-order valence-electron chi connectivity index (χ1n) is 6.18. The minimum atomic E-state index is -4.53. The maximum atomic E-state index is 12.7. The van der Waals surface area contributed by atoms with Crippen LogP contribution >= 0.6 is 0 Å². The number of aromatic nitrogens is 1. The third kappa shape index (κ3) is 3.51. The van der Waals surface area contributed by atoms with Crippen molar-refractivity contribution in [2.75, 3.05) is 5.32 Å². The van der Waals surface area contributed by atoms with Gasteiger partial charge in [0.15, 0.2) is 0 Å². The molecule has 1 aromatic carbocycles. The molecule has 1 aromatic heterocycles. The molecule has 2 rings (SSSR count). The van der Waals surface area contributed by atoms with E-state index in [0.29, 0.717) is 6.54 Å². The number of hydrogen-bond donors (Lipinski definition) is 1. The molecule has 0 aliphatic heterocycles. The van der Waals surface area contributed by atoms with Crippen molar-refractivity contribution >= 4 is 5.82 Å². The van der Waals surface area contributed by atoms with Crippen molar-refractivity contribution in [3.63, 3.8) is 0 Å². The number of nitrogens with one attached hydrogen (secondary N) is 1. The molecule has 0 saturated carbocycles. The lowest BCUT2D eigenvalue weighted by Gasteiger charge is -2.12. The molecule has 108 valence electrons. The van der Waals surface area contributed by atoms with Crippen LogP contribution in [0.4, 0.5) is 19.0 Å². The topological polar surface area (TPSA) is 48.7 Å². The SMILES string of the molecule is Cc1ccccc1CNc1nc(C(F)(F)F)ccc1C#N. The Labute approximate surface area is 120 Å². The smallest absolute Gasteiger partial charge is 0.365 e. The number of nitriles is 1. The van der Waals surface area contributed by atoms with Crippen LogP contribution in [0.5, 0.6) is 0 Å². The van der Waals surface area contributed by atoms with Gasteiger partial charge in [-0.1, -0.05) is 24.3 Å². The molecule has 21 heavy (non-hydrogen) atoms. The van der Waals surface area contributed by atoms with Gasteiger partial charge in [-0.15, -0.1) is 0 Å². The van der Waals surface area contributed by atoms with Crippen LogP contribution in [0.1, 0.15) is 22.4 Å². The number of hydrogen-bond acceptors (Lipinski definition) is 3. The summed E-state index contributed by atoms with van der Waals surface area (Å²) in [6.07, 6.45) is -4.53. The van der Waals surface area contributed by atoms with E-state index in [9.17, 15) is 13.2 Å². The van der Waals surface area contributed by atoms with E-state index < -0.39 is 11.9 Å². The molecule has 1 heterocycles. The van der Waals surface area contributed by atoms with Crippen LogP contribution in [0.2, 0.25) is 0 Å². The molecular weight excluding hydrogens is 279 g/mol. The number of benzene rings is 1. The van der Waals surface area contributed by atoms with Crippen LogP contribution in [-0.2, 0) is 12.7 Å².